The van der Waals surface area contributed by atoms with Gasteiger partial charge in [-0.05, 0) is 31.2 Å². The summed E-state index contributed by atoms with van der Waals surface area (Å²) in [5.74, 6) is -0.766. The van der Waals surface area contributed by atoms with Crippen LogP contribution in [-0.4, -0.2) is 29.2 Å². The largest absolute Gasteiger partial charge is 0.460 e. The SMILES string of the molecule is C[C@H](NS(=O)(=O)c1cccc2nsnc12)C(=O)OCc1c(Cl)cccc1Cl. The lowest BCUT2D eigenvalue weighted by atomic mass is 10.2. The Balaban J connectivity index is 1.71. The van der Waals surface area contributed by atoms with Crippen LogP contribution in [0.2, 0.25) is 10.0 Å². The van der Waals surface area contributed by atoms with Crippen LogP contribution in [0, 0.1) is 0 Å². The van der Waals surface area contributed by atoms with E-state index in [2.05, 4.69) is 13.5 Å². The van der Waals surface area contributed by atoms with E-state index in [4.69, 9.17) is 27.9 Å². The van der Waals surface area contributed by atoms with Gasteiger partial charge in [0.15, 0.2) is 0 Å². The van der Waals surface area contributed by atoms with Gasteiger partial charge in [0.25, 0.3) is 0 Å². The Morgan fingerprint density at radius 1 is 1.19 bits per heavy atom. The minimum Gasteiger partial charge on any atom is -0.460 e. The van der Waals surface area contributed by atoms with Crippen LogP contribution in [0.15, 0.2) is 41.3 Å². The highest BCUT2D eigenvalue weighted by Crippen LogP contribution is 2.25. The molecule has 1 N–H and O–H groups in total. The first-order valence-corrected chi connectivity index (χ1v) is 10.6. The van der Waals surface area contributed by atoms with Crippen molar-refractivity contribution in [3.8, 4) is 0 Å². The van der Waals surface area contributed by atoms with Gasteiger partial charge in [-0.25, -0.2) is 8.42 Å². The summed E-state index contributed by atoms with van der Waals surface area (Å²) in [5, 5.41) is 0.706. The molecule has 27 heavy (non-hydrogen) atoms. The first-order valence-electron chi connectivity index (χ1n) is 7.63. The zero-order chi connectivity index (χ0) is 19.6. The maximum atomic E-state index is 12.6. The fourth-order valence-corrected chi connectivity index (χ4v) is 4.75. The molecule has 7 nitrogen and oxygen atoms in total. The topological polar surface area (TPSA) is 98.3 Å². The molecule has 0 fully saturated rings. The van der Waals surface area contributed by atoms with Crippen molar-refractivity contribution in [1.29, 1.82) is 0 Å². The van der Waals surface area contributed by atoms with Gasteiger partial charge in [-0.15, -0.1) is 0 Å². The second kappa shape index (κ2) is 8.07. The first kappa shape index (κ1) is 20.0. The lowest BCUT2D eigenvalue weighted by Crippen LogP contribution is -2.39. The van der Waals surface area contributed by atoms with Crippen molar-refractivity contribution in [2.75, 3.05) is 0 Å². The molecule has 0 unspecified atom stereocenters. The van der Waals surface area contributed by atoms with E-state index in [9.17, 15) is 13.2 Å². The van der Waals surface area contributed by atoms with Crippen molar-refractivity contribution >= 4 is 62.0 Å². The number of hydrogen-bond acceptors (Lipinski definition) is 7. The summed E-state index contributed by atoms with van der Waals surface area (Å²) in [4.78, 5) is 12.1. The molecule has 3 rings (SSSR count). The molecule has 0 saturated carbocycles. The molecule has 0 aliphatic rings. The van der Waals surface area contributed by atoms with Crippen molar-refractivity contribution in [3.63, 3.8) is 0 Å². The Labute approximate surface area is 169 Å². The predicted octanol–water partition coefficient (Wildman–Crippen LogP) is 3.41. The van der Waals surface area contributed by atoms with E-state index < -0.39 is 22.0 Å². The average molecular weight is 446 g/mol. The number of fused-ring (bicyclic) bond motifs is 1. The van der Waals surface area contributed by atoms with Gasteiger partial charge in [-0.2, -0.15) is 13.5 Å². The third kappa shape index (κ3) is 4.39. The third-order valence-electron chi connectivity index (χ3n) is 3.64. The van der Waals surface area contributed by atoms with Crippen LogP contribution >= 0.6 is 34.9 Å². The van der Waals surface area contributed by atoms with Crippen molar-refractivity contribution in [1.82, 2.24) is 13.5 Å². The lowest BCUT2D eigenvalue weighted by Gasteiger charge is -2.15. The summed E-state index contributed by atoms with van der Waals surface area (Å²) in [6.07, 6.45) is 0. The number of benzene rings is 2. The molecule has 0 radical (unpaired) electrons. The van der Waals surface area contributed by atoms with Gasteiger partial charge in [0, 0.05) is 15.6 Å². The second-order valence-corrected chi connectivity index (χ2v) is 8.56. The van der Waals surface area contributed by atoms with Crippen LogP contribution in [0.1, 0.15) is 12.5 Å². The van der Waals surface area contributed by atoms with Crippen molar-refractivity contribution in [2.24, 2.45) is 0 Å². The number of carbonyl (C=O) groups is 1. The van der Waals surface area contributed by atoms with Crippen molar-refractivity contribution in [2.45, 2.75) is 24.5 Å². The molecule has 0 amide bonds. The fourth-order valence-electron chi connectivity index (χ4n) is 2.28. The molecule has 0 aliphatic carbocycles. The number of sulfonamides is 1. The zero-order valence-electron chi connectivity index (χ0n) is 13.8. The van der Waals surface area contributed by atoms with Crippen LogP contribution in [0.5, 0.6) is 0 Å². The number of rotatable bonds is 6. The first-order chi connectivity index (χ1) is 12.8. The molecule has 0 aliphatic heterocycles. The Hall–Kier alpha value is -1.78. The summed E-state index contributed by atoms with van der Waals surface area (Å²) in [6, 6.07) is 8.38. The van der Waals surface area contributed by atoms with E-state index in [1.54, 1.807) is 30.3 Å². The summed E-state index contributed by atoms with van der Waals surface area (Å²) in [6.45, 7) is 1.21. The monoisotopic (exact) mass is 445 g/mol. The smallest absolute Gasteiger partial charge is 0.324 e. The van der Waals surface area contributed by atoms with Gasteiger partial charge in [0.1, 0.15) is 28.6 Å². The van der Waals surface area contributed by atoms with E-state index in [1.807, 2.05) is 0 Å². The van der Waals surface area contributed by atoms with Crippen molar-refractivity contribution in [3.05, 3.63) is 52.0 Å². The minimum absolute atomic E-state index is 0.0532. The Kier molecular flexibility index (Phi) is 5.97. The van der Waals surface area contributed by atoms with Gasteiger partial charge in [0.2, 0.25) is 10.0 Å². The molecule has 1 heterocycles. The molecular formula is C16H13Cl2N3O4S2. The third-order valence-corrected chi connectivity index (χ3v) is 6.47. The van der Waals surface area contributed by atoms with Gasteiger partial charge >= 0.3 is 5.97 Å². The Bertz CT molecular complexity index is 1080. The molecule has 2 aromatic carbocycles. The molecule has 1 aromatic heterocycles. The maximum Gasteiger partial charge on any atom is 0.324 e. The summed E-state index contributed by atoms with van der Waals surface area (Å²) in [7, 11) is -4.00. The molecule has 0 bridgehead atoms. The zero-order valence-corrected chi connectivity index (χ0v) is 17.0. The van der Waals surface area contributed by atoms with E-state index in [0.29, 0.717) is 21.1 Å². The molecular weight excluding hydrogens is 433 g/mol. The number of nitrogens with zero attached hydrogens (tertiary/aromatic N) is 2. The number of esters is 1. The standard InChI is InChI=1S/C16H13Cl2N3O4S2/c1-9(16(22)25-8-10-11(17)4-2-5-12(10)18)21-27(23,24)14-7-3-6-13-15(14)20-26-19-13/h2-7,9,21H,8H2,1H3/t9-/m0/s1. The molecule has 1 atom stereocenters. The van der Waals surface area contributed by atoms with Gasteiger partial charge in [0.05, 0.1) is 11.7 Å². The van der Waals surface area contributed by atoms with E-state index in [0.717, 1.165) is 11.7 Å². The van der Waals surface area contributed by atoms with E-state index in [1.165, 1.54) is 13.0 Å². The molecule has 11 heteroatoms. The number of ether oxygens (including phenoxy) is 1. The number of carbonyl (C=O) groups excluding carboxylic acids is 1. The number of hydrogen-bond donors (Lipinski definition) is 1. The fraction of sp³-hybridized carbons (Fsp3) is 0.188. The highest BCUT2D eigenvalue weighted by Gasteiger charge is 2.26. The van der Waals surface area contributed by atoms with E-state index >= 15 is 0 Å². The van der Waals surface area contributed by atoms with Crippen LogP contribution < -0.4 is 4.72 Å². The molecule has 0 saturated heterocycles. The summed E-state index contributed by atoms with van der Waals surface area (Å²) >= 11 is 13.0. The van der Waals surface area contributed by atoms with Crippen LogP contribution in [0.25, 0.3) is 11.0 Å². The normalized spacial score (nSPS) is 12.9. The highest BCUT2D eigenvalue weighted by atomic mass is 35.5. The number of nitrogens with one attached hydrogen (secondary N) is 1. The van der Waals surface area contributed by atoms with Gasteiger partial charge in [-0.1, -0.05) is 35.3 Å². The second-order valence-electron chi connectivity index (χ2n) is 5.54. The number of aromatic nitrogens is 2. The average Bonchev–Trinajstić information content (AvgIpc) is 3.09. The van der Waals surface area contributed by atoms with Gasteiger partial charge < -0.3 is 4.74 Å². The molecule has 0 spiro atoms. The Morgan fingerprint density at radius 3 is 2.56 bits per heavy atom. The summed E-state index contributed by atoms with van der Waals surface area (Å²) in [5.41, 5.74) is 1.16. The number of halogens is 2. The van der Waals surface area contributed by atoms with E-state index in [-0.39, 0.29) is 17.0 Å². The Morgan fingerprint density at radius 2 is 1.85 bits per heavy atom. The van der Waals surface area contributed by atoms with Crippen LogP contribution in [0.4, 0.5) is 0 Å². The maximum absolute atomic E-state index is 12.6. The highest BCUT2D eigenvalue weighted by molar-refractivity contribution is 7.89. The van der Waals surface area contributed by atoms with Crippen LogP contribution in [-0.2, 0) is 26.2 Å². The minimum atomic E-state index is -4.00. The van der Waals surface area contributed by atoms with Crippen LogP contribution in [0.3, 0.4) is 0 Å². The van der Waals surface area contributed by atoms with Gasteiger partial charge in [-0.3, -0.25) is 4.79 Å². The molecule has 142 valence electrons. The lowest BCUT2D eigenvalue weighted by molar-refractivity contribution is -0.146. The predicted molar refractivity (Wildman–Crippen MR) is 103 cm³/mol. The summed E-state index contributed by atoms with van der Waals surface area (Å²) < 4.78 is 40.7. The quantitative estimate of drug-likeness (QED) is 0.583. The van der Waals surface area contributed by atoms with Crippen molar-refractivity contribution < 1.29 is 17.9 Å². The molecule has 3 aromatic rings.